The molecular weight excluding hydrogens is 229 g/mol. The molecule has 0 aliphatic carbocycles. The van der Waals surface area contributed by atoms with Crippen molar-refractivity contribution in [2.45, 2.75) is 26.2 Å². The van der Waals surface area contributed by atoms with Crippen molar-refractivity contribution in [1.29, 1.82) is 10.5 Å². The van der Waals surface area contributed by atoms with Gasteiger partial charge >= 0.3 is 0 Å². The lowest BCUT2D eigenvalue weighted by Crippen LogP contribution is -2.26. The van der Waals surface area contributed by atoms with Gasteiger partial charge in [-0.25, -0.2) is 4.39 Å². The number of rotatable bonds is 6. The highest BCUT2D eigenvalue weighted by Crippen LogP contribution is 2.23. The number of nitrogens with zero attached hydrogens (tertiary/aromatic N) is 3. The number of hydrogen-bond acceptors (Lipinski definition) is 3. The average molecular weight is 245 g/mol. The highest BCUT2D eigenvalue weighted by molar-refractivity contribution is 5.59. The lowest BCUT2D eigenvalue weighted by molar-refractivity contribution is 0.621. The van der Waals surface area contributed by atoms with E-state index in [0.717, 1.165) is 19.4 Å². The number of halogens is 1. The zero-order chi connectivity index (χ0) is 13.4. The minimum absolute atomic E-state index is 0.0616. The van der Waals surface area contributed by atoms with Crippen LogP contribution in [0, 0.1) is 28.5 Å². The molecule has 0 radical (unpaired) electrons. The molecule has 0 spiro atoms. The second-order valence-electron chi connectivity index (χ2n) is 3.99. The molecule has 0 heterocycles. The van der Waals surface area contributed by atoms with Gasteiger partial charge in [0.1, 0.15) is 17.4 Å². The van der Waals surface area contributed by atoms with Gasteiger partial charge in [-0.2, -0.15) is 10.5 Å². The Labute approximate surface area is 107 Å². The largest absolute Gasteiger partial charge is 0.369 e. The molecule has 0 atom stereocenters. The Kier molecular flexibility index (Phi) is 5.67. The van der Waals surface area contributed by atoms with Gasteiger partial charge in [0, 0.05) is 13.1 Å². The van der Waals surface area contributed by atoms with Crippen LogP contribution in [0.3, 0.4) is 0 Å². The van der Waals surface area contributed by atoms with E-state index in [2.05, 4.69) is 13.0 Å². The number of benzene rings is 1. The smallest absolute Gasteiger partial charge is 0.143 e. The maximum absolute atomic E-state index is 13.5. The molecule has 94 valence electrons. The molecule has 0 aromatic heterocycles. The van der Waals surface area contributed by atoms with Crippen molar-refractivity contribution in [3.8, 4) is 12.1 Å². The van der Waals surface area contributed by atoms with Crippen LogP contribution >= 0.6 is 0 Å². The van der Waals surface area contributed by atoms with E-state index in [4.69, 9.17) is 10.5 Å². The summed E-state index contributed by atoms with van der Waals surface area (Å²) in [6, 6.07) is 8.58. The van der Waals surface area contributed by atoms with Gasteiger partial charge in [0.25, 0.3) is 0 Å². The van der Waals surface area contributed by atoms with Crippen LogP contribution in [-0.4, -0.2) is 13.1 Å². The zero-order valence-corrected chi connectivity index (χ0v) is 10.5. The first-order chi connectivity index (χ1) is 8.74. The molecule has 0 fully saturated rings. The highest BCUT2D eigenvalue weighted by atomic mass is 19.1. The summed E-state index contributed by atoms with van der Waals surface area (Å²) in [5.41, 5.74) is 0.646. The van der Waals surface area contributed by atoms with Gasteiger partial charge in [-0.05, 0) is 18.6 Å². The van der Waals surface area contributed by atoms with Crippen LogP contribution in [0.1, 0.15) is 31.7 Å². The summed E-state index contributed by atoms with van der Waals surface area (Å²) in [5.74, 6) is -0.506. The quantitative estimate of drug-likeness (QED) is 0.773. The van der Waals surface area contributed by atoms with Crippen LogP contribution in [0.15, 0.2) is 18.2 Å². The molecule has 1 aromatic carbocycles. The topological polar surface area (TPSA) is 50.8 Å². The van der Waals surface area contributed by atoms with Crippen molar-refractivity contribution in [3.05, 3.63) is 29.6 Å². The van der Waals surface area contributed by atoms with Crippen molar-refractivity contribution in [2.24, 2.45) is 0 Å². The van der Waals surface area contributed by atoms with E-state index in [1.165, 1.54) is 6.07 Å². The first kappa shape index (κ1) is 14.0. The minimum Gasteiger partial charge on any atom is -0.369 e. The summed E-state index contributed by atoms with van der Waals surface area (Å²) >= 11 is 0. The third-order valence-corrected chi connectivity index (χ3v) is 2.72. The lowest BCUT2D eigenvalue weighted by atomic mass is 10.1. The Morgan fingerprint density at radius 2 is 2.06 bits per heavy atom. The zero-order valence-electron chi connectivity index (χ0n) is 10.5. The van der Waals surface area contributed by atoms with E-state index >= 15 is 0 Å². The van der Waals surface area contributed by atoms with Gasteiger partial charge in [0.05, 0.1) is 18.2 Å². The average Bonchev–Trinajstić information content (AvgIpc) is 2.39. The predicted molar refractivity (Wildman–Crippen MR) is 68.5 cm³/mol. The van der Waals surface area contributed by atoms with E-state index in [1.807, 2.05) is 11.0 Å². The molecule has 0 amide bonds. The highest BCUT2D eigenvalue weighted by Gasteiger charge is 2.13. The number of anilines is 1. The normalized spacial score (nSPS) is 9.56. The predicted octanol–water partition coefficient (Wildman–Crippen LogP) is 3.22. The molecule has 0 N–H and O–H groups in total. The Hall–Kier alpha value is -2.07. The number of hydrogen-bond donors (Lipinski definition) is 0. The molecule has 1 rings (SSSR count). The van der Waals surface area contributed by atoms with Crippen LogP contribution in [0.4, 0.5) is 10.1 Å². The molecule has 18 heavy (non-hydrogen) atoms. The van der Waals surface area contributed by atoms with E-state index in [9.17, 15) is 4.39 Å². The van der Waals surface area contributed by atoms with Gasteiger partial charge in [-0.3, -0.25) is 0 Å². The maximum Gasteiger partial charge on any atom is 0.143 e. The maximum atomic E-state index is 13.5. The molecule has 3 nitrogen and oxygen atoms in total. The fourth-order valence-electron chi connectivity index (χ4n) is 1.77. The van der Waals surface area contributed by atoms with E-state index in [1.54, 1.807) is 12.1 Å². The molecular formula is C14H16FN3. The molecule has 0 bridgehead atoms. The minimum atomic E-state index is -0.506. The Bertz CT molecular complexity index is 471. The van der Waals surface area contributed by atoms with Crippen LogP contribution in [-0.2, 0) is 0 Å². The standard InChI is InChI=1S/C14H16FN3/c1-2-3-9-18(10-5-8-16)14-7-4-6-13(15)12(14)11-17/h4,6-7H,2-3,5,9-10H2,1H3. The van der Waals surface area contributed by atoms with E-state index < -0.39 is 5.82 Å². The summed E-state index contributed by atoms with van der Waals surface area (Å²) < 4.78 is 13.5. The summed E-state index contributed by atoms with van der Waals surface area (Å²) in [6.07, 6.45) is 2.33. The fourth-order valence-corrected chi connectivity index (χ4v) is 1.77. The van der Waals surface area contributed by atoms with Gasteiger partial charge in [-0.1, -0.05) is 19.4 Å². The summed E-state index contributed by atoms with van der Waals surface area (Å²) in [6.45, 7) is 3.32. The van der Waals surface area contributed by atoms with Crippen molar-refractivity contribution in [3.63, 3.8) is 0 Å². The molecule has 0 saturated carbocycles. The molecule has 0 aliphatic heterocycles. The van der Waals surface area contributed by atoms with Crippen molar-refractivity contribution < 1.29 is 4.39 Å². The van der Waals surface area contributed by atoms with Crippen LogP contribution in [0.25, 0.3) is 0 Å². The van der Waals surface area contributed by atoms with Gasteiger partial charge in [0.2, 0.25) is 0 Å². The van der Waals surface area contributed by atoms with Gasteiger partial charge in [0.15, 0.2) is 0 Å². The van der Waals surface area contributed by atoms with Gasteiger partial charge < -0.3 is 4.90 Å². The summed E-state index contributed by atoms with van der Waals surface area (Å²) in [5, 5.41) is 17.7. The van der Waals surface area contributed by atoms with Crippen LogP contribution in [0.2, 0.25) is 0 Å². The van der Waals surface area contributed by atoms with E-state index in [0.29, 0.717) is 18.7 Å². The fraction of sp³-hybridized carbons (Fsp3) is 0.429. The van der Waals surface area contributed by atoms with Crippen molar-refractivity contribution in [2.75, 3.05) is 18.0 Å². The Morgan fingerprint density at radius 3 is 2.67 bits per heavy atom. The molecule has 0 aliphatic rings. The van der Waals surface area contributed by atoms with Crippen LogP contribution in [0.5, 0.6) is 0 Å². The summed E-state index contributed by atoms with van der Waals surface area (Å²) in [7, 11) is 0. The molecule has 1 aromatic rings. The molecule has 4 heteroatoms. The van der Waals surface area contributed by atoms with Gasteiger partial charge in [-0.15, -0.1) is 0 Å². The summed E-state index contributed by atoms with van der Waals surface area (Å²) in [4.78, 5) is 1.91. The second-order valence-corrected chi connectivity index (χ2v) is 3.99. The Morgan fingerprint density at radius 1 is 1.28 bits per heavy atom. The Balaban J connectivity index is 3.01. The van der Waals surface area contributed by atoms with Crippen molar-refractivity contribution in [1.82, 2.24) is 0 Å². The SMILES string of the molecule is CCCCN(CCC#N)c1cccc(F)c1C#N. The number of unbranched alkanes of at least 4 members (excludes halogenated alkanes) is 1. The third kappa shape index (κ3) is 3.46. The van der Waals surface area contributed by atoms with Crippen molar-refractivity contribution >= 4 is 5.69 Å². The second kappa shape index (κ2) is 7.29. The first-order valence-electron chi connectivity index (χ1n) is 6.05. The molecule has 0 saturated heterocycles. The number of nitriles is 2. The lowest BCUT2D eigenvalue weighted by Gasteiger charge is -2.24. The van der Waals surface area contributed by atoms with E-state index in [-0.39, 0.29) is 5.56 Å². The molecule has 0 unspecified atom stereocenters. The van der Waals surface area contributed by atoms with Crippen LogP contribution < -0.4 is 4.90 Å². The monoisotopic (exact) mass is 245 g/mol. The first-order valence-corrected chi connectivity index (χ1v) is 6.05. The third-order valence-electron chi connectivity index (χ3n) is 2.72.